The lowest BCUT2D eigenvalue weighted by atomic mass is 10.2. The van der Waals surface area contributed by atoms with Crippen molar-refractivity contribution in [1.29, 1.82) is 0 Å². The summed E-state index contributed by atoms with van der Waals surface area (Å²) >= 11 is 5.64. The molecule has 0 bridgehead atoms. The molecule has 0 spiro atoms. The number of benzene rings is 1. The van der Waals surface area contributed by atoms with Crippen LogP contribution in [0.1, 0.15) is 5.56 Å². The van der Waals surface area contributed by atoms with Gasteiger partial charge < -0.3 is 5.32 Å². The van der Waals surface area contributed by atoms with Crippen molar-refractivity contribution in [2.75, 3.05) is 5.75 Å². The highest BCUT2D eigenvalue weighted by Crippen LogP contribution is 2.18. The first-order chi connectivity index (χ1) is 7.98. The van der Waals surface area contributed by atoms with Gasteiger partial charge in [-0.2, -0.15) is 0 Å². The molecule has 1 atom stereocenters. The van der Waals surface area contributed by atoms with Crippen LogP contribution in [0.4, 0.5) is 4.39 Å². The first kappa shape index (κ1) is 12.5. The van der Waals surface area contributed by atoms with Crippen molar-refractivity contribution >= 4 is 21.4 Å². The van der Waals surface area contributed by atoms with Gasteiger partial charge in [-0.25, -0.2) is 12.8 Å². The van der Waals surface area contributed by atoms with Gasteiger partial charge in [-0.1, -0.05) is 29.8 Å². The SMILES string of the molecule is O=S1(=O)C=CC(NCc2cccc(Cl)c2F)C1. The summed E-state index contributed by atoms with van der Waals surface area (Å²) in [5, 5.41) is 4.20. The van der Waals surface area contributed by atoms with Gasteiger partial charge in [0, 0.05) is 23.6 Å². The highest BCUT2D eigenvalue weighted by Gasteiger charge is 2.21. The zero-order valence-corrected chi connectivity index (χ0v) is 10.4. The maximum atomic E-state index is 13.5. The van der Waals surface area contributed by atoms with Crippen LogP contribution >= 0.6 is 11.6 Å². The number of hydrogen-bond donors (Lipinski definition) is 1. The number of halogens is 2. The molecule has 0 saturated carbocycles. The van der Waals surface area contributed by atoms with E-state index < -0.39 is 15.7 Å². The van der Waals surface area contributed by atoms with Gasteiger partial charge >= 0.3 is 0 Å². The van der Waals surface area contributed by atoms with Crippen LogP contribution in [0.3, 0.4) is 0 Å². The predicted octanol–water partition coefficient (Wildman–Crippen LogP) is 1.88. The van der Waals surface area contributed by atoms with E-state index in [1.165, 1.54) is 11.5 Å². The number of hydrogen-bond acceptors (Lipinski definition) is 3. The summed E-state index contributed by atoms with van der Waals surface area (Å²) in [5.41, 5.74) is 0.426. The normalized spacial score (nSPS) is 21.9. The first-order valence-electron chi connectivity index (χ1n) is 5.05. The van der Waals surface area contributed by atoms with Crippen LogP contribution < -0.4 is 5.32 Å². The average molecular weight is 276 g/mol. The number of nitrogens with one attached hydrogen (secondary N) is 1. The molecule has 92 valence electrons. The Kier molecular flexibility index (Phi) is 3.51. The van der Waals surface area contributed by atoms with Crippen molar-refractivity contribution in [2.45, 2.75) is 12.6 Å². The maximum Gasteiger partial charge on any atom is 0.173 e. The van der Waals surface area contributed by atoms with Gasteiger partial charge in [0.2, 0.25) is 0 Å². The van der Waals surface area contributed by atoms with E-state index in [0.29, 0.717) is 5.56 Å². The highest BCUT2D eigenvalue weighted by molar-refractivity contribution is 7.94. The van der Waals surface area contributed by atoms with Gasteiger partial charge in [0.15, 0.2) is 9.84 Å². The molecule has 1 heterocycles. The fourth-order valence-electron chi connectivity index (χ4n) is 1.63. The molecular weight excluding hydrogens is 265 g/mol. The molecule has 3 nitrogen and oxygen atoms in total. The first-order valence-corrected chi connectivity index (χ1v) is 7.14. The molecule has 0 saturated heterocycles. The van der Waals surface area contributed by atoms with Crippen LogP contribution in [0, 0.1) is 5.82 Å². The Bertz CT molecular complexity index is 557. The van der Waals surface area contributed by atoms with Gasteiger partial charge in [-0.05, 0) is 6.07 Å². The van der Waals surface area contributed by atoms with Crippen molar-refractivity contribution in [1.82, 2.24) is 5.32 Å². The highest BCUT2D eigenvalue weighted by atomic mass is 35.5. The van der Waals surface area contributed by atoms with E-state index in [-0.39, 0.29) is 23.4 Å². The molecule has 0 aromatic heterocycles. The summed E-state index contributed by atoms with van der Waals surface area (Å²) < 4.78 is 35.8. The second kappa shape index (κ2) is 4.76. The zero-order valence-electron chi connectivity index (χ0n) is 8.86. The minimum atomic E-state index is -3.08. The van der Waals surface area contributed by atoms with E-state index in [4.69, 9.17) is 11.6 Å². The standard InChI is InChI=1S/C11H11ClFNO2S/c12-10-3-1-2-8(11(10)13)6-14-9-4-5-17(15,16)7-9/h1-5,9,14H,6-7H2. The van der Waals surface area contributed by atoms with Crippen LogP contribution in [0.25, 0.3) is 0 Å². The Morgan fingerprint density at radius 1 is 1.47 bits per heavy atom. The Labute approximate surface area is 104 Å². The molecule has 1 aliphatic heterocycles. The Balaban J connectivity index is 2.00. The monoisotopic (exact) mass is 275 g/mol. The van der Waals surface area contributed by atoms with Crippen LogP contribution in [-0.2, 0) is 16.4 Å². The van der Waals surface area contributed by atoms with Gasteiger partial charge in [0.25, 0.3) is 0 Å². The van der Waals surface area contributed by atoms with Crippen LogP contribution in [0.2, 0.25) is 5.02 Å². The second-order valence-electron chi connectivity index (χ2n) is 3.86. The lowest BCUT2D eigenvalue weighted by molar-refractivity contribution is 0.568. The molecule has 1 unspecified atom stereocenters. The third kappa shape index (κ3) is 3.06. The van der Waals surface area contributed by atoms with Crippen LogP contribution in [0.5, 0.6) is 0 Å². The lowest BCUT2D eigenvalue weighted by Gasteiger charge is -2.10. The van der Waals surface area contributed by atoms with Gasteiger partial charge in [-0.3, -0.25) is 0 Å². The minimum absolute atomic E-state index is 0.0230. The summed E-state index contributed by atoms with van der Waals surface area (Å²) in [6.07, 6.45) is 1.57. The Morgan fingerprint density at radius 3 is 2.88 bits per heavy atom. The van der Waals surface area contributed by atoms with E-state index in [0.717, 1.165) is 0 Å². The van der Waals surface area contributed by atoms with Crippen molar-refractivity contribution in [3.63, 3.8) is 0 Å². The molecule has 1 aliphatic rings. The Morgan fingerprint density at radius 2 is 2.24 bits per heavy atom. The molecular formula is C11H11ClFNO2S. The Hall–Kier alpha value is -0.910. The van der Waals surface area contributed by atoms with E-state index in [9.17, 15) is 12.8 Å². The number of rotatable bonds is 3. The van der Waals surface area contributed by atoms with Crippen molar-refractivity contribution < 1.29 is 12.8 Å². The maximum absolute atomic E-state index is 13.5. The van der Waals surface area contributed by atoms with Crippen LogP contribution in [0.15, 0.2) is 29.7 Å². The van der Waals surface area contributed by atoms with Gasteiger partial charge in [0.05, 0.1) is 10.8 Å². The third-order valence-corrected chi connectivity index (χ3v) is 4.20. The molecule has 1 aromatic carbocycles. The van der Waals surface area contributed by atoms with E-state index in [2.05, 4.69) is 5.32 Å². The summed E-state index contributed by atoms with van der Waals surface area (Å²) in [4.78, 5) is 0. The van der Waals surface area contributed by atoms with E-state index >= 15 is 0 Å². The molecule has 0 fully saturated rings. The average Bonchev–Trinajstić information content (AvgIpc) is 2.61. The summed E-state index contributed by atoms with van der Waals surface area (Å²) in [5.74, 6) is -0.443. The minimum Gasteiger partial charge on any atom is -0.305 e. The van der Waals surface area contributed by atoms with Crippen molar-refractivity contribution in [2.24, 2.45) is 0 Å². The van der Waals surface area contributed by atoms with E-state index in [1.54, 1.807) is 18.2 Å². The molecule has 1 N–H and O–H groups in total. The summed E-state index contributed by atoms with van der Waals surface area (Å²) in [7, 11) is -3.08. The molecule has 2 rings (SSSR count). The van der Waals surface area contributed by atoms with E-state index in [1.807, 2.05) is 0 Å². The fourth-order valence-corrected chi connectivity index (χ4v) is 3.09. The second-order valence-corrected chi connectivity index (χ2v) is 6.20. The van der Waals surface area contributed by atoms with Crippen molar-refractivity contribution in [3.8, 4) is 0 Å². The topological polar surface area (TPSA) is 46.2 Å². The van der Waals surface area contributed by atoms with Crippen molar-refractivity contribution in [3.05, 3.63) is 46.1 Å². The van der Waals surface area contributed by atoms with Gasteiger partial charge in [-0.15, -0.1) is 0 Å². The molecule has 0 aliphatic carbocycles. The third-order valence-electron chi connectivity index (χ3n) is 2.52. The summed E-state index contributed by atoms with van der Waals surface area (Å²) in [6, 6.07) is 4.48. The largest absolute Gasteiger partial charge is 0.305 e. The summed E-state index contributed by atoms with van der Waals surface area (Å²) in [6.45, 7) is 0.247. The molecule has 17 heavy (non-hydrogen) atoms. The predicted molar refractivity (Wildman–Crippen MR) is 65.0 cm³/mol. The molecule has 6 heteroatoms. The fraction of sp³-hybridized carbons (Fsp3) is 0.273. The van der Waals surface area contributed by atoms with Crippen LogP contribution in [-0.4, -0.2) is 20.2 Å². The molecule has 1 aromatic rings. The zero-order chi connectivity index (χ0) is 12.5. The quantitative estimate of drug-likeness (QED) is 0.916. The number of sulfone groups is 1. The smallest absolute Gasteiger partial charge is 0.173 e. The molecule has 0 amide bonds. The lowest BCUT2D eigenvalue weighted by Crippen LogP contribution is -2.29. The van der Waals surface area contributed by atoms with Gasteiger partial charge in [0.1, 0.15) is 5.82 Å². The molecule has 0 radical (unpaired) electrons.